The Balaban J connectivity index is 0.00000264. The average molecular weight is 360 g/mol. The van der Waals surface area contributed by atoms with E-state index in [2.05, 4.69) is 15.0 Å². The van der Waals surface area contributed by atoms with Crippen LogP contribution in [0.2, 0.25) is 0 Å². The van der Waals surface area contributed by atoms with Gasteiger partial charge in [-0.15, -0.1) is 0 Å². The van der Waals surface area contributed by atoms with Crippen LogP contribution in [0.3, 0.4) is 0 Å². The monoisotopic (exact) mass is 360 g/mol. The number of nitrogens with one attached hydrogen (secondary N) is 2. The molecule has 0 amide bonds. The fourth-order valence-electron chi connectivity index (χ4n) is 1.87. The summed E-state index contributed by atoms with van der Waals surface area (Å²) >= 11 is 10.0. The van der Waals surface area contributed by atoms with E-state index in [4.69, 9.17) is 29.2 Å². The van der Waals surface area contributed by atoms with Crippen molar-refractivity contribution in [3.8, 4) is 5.75 Å². The Morgan fingerprint density at radius 2 is 1.91 bits per heavy atom. The first-order valence-electron chi connectivity index (χ1n) is 6.27. The average Bonchev–Trinajstić information content (AvgIpc) is 2.47. The molecule has 0 aliphatic heterocycles. The second-order valence-corrected chi connectivity index (χ2v) is 5.18. The van der Waals surface area contributed by atoms with E-state index >= 15 is 0 Å². The number of nitrogens with zero attached hydrogens (tertiary/aromatic N) is 2. The Hall–Kier alpha value is -1.26. The Bertz CT molecular complexity index is 763. The van der Waals surface area contributed by atoms with Crippen LogP contribution in [0.1, 0.15) is 6.92 Å². The van der Waals surface area contributed by atoms with Gasteiger partial charge in [0.25, 0.3) is 0 Å². The summed E-state index contributed by atoms with van der Waals surface area (Å²) in [7, 11) is 1.55. The zero-order valence-electron chi connectivity index (χ0n) is 12.8. The molecule has 2 rings (SSSR count). The van der Waals surface area contributed by atoms with Gasteiger partial charge in [-0.2, -0.15) is 4.98 Å². The summed E-state index contributed by atoms with van der Waals surface area (Å²) in [6.45, 7) is 1.48. The molecule has 0 spiro atoms. The van der Waals surface area contributed by atoms with Gasteiger partial charge in [-0.25, -0.2) is 0 Å². The summed E-state index contributed by atoms with van der Waals surface area (Å²) in [4.78, 5) is 22.3. The van der Waals surface area contributed by atoms with E-state index in [-0.39, 0.29) is 45.0 Å². The molecule has 0 radical (unpaired) electrons. The van der Waals surface area contributed by atoms with Gasteiger partial charge in [-0.1, -0.05) is 0 Å². The first-order chi connectivity index (χ1) is 10.4. The molecule has 23 heavy (non-hydrogen) atoms. The van der Waals surface area contributed by atoms with Crippen LogP contribution < -0.4 is 44.3 Å². The Labute approximate surface area is 165 Å². The molecule has 0 saturated heterocycles. The summed E-state index contributed by atoms with van der Waals surface area (Å²) in [5.74, 6) is -0.387. The van der Waals surface area contributed by atoms with Gasteiger partial charge >= 0.3 is 29.6 Å². The number of carbonyl (C=O) groups excluding carboxylic acids is 1. The minimum Gasteiger partial charge on any atom is -0.548 e. The zero-order chi connectivity index (χ0) is 16.3. The van der Waals surface area contributed by atoms with Crippen LogP contribution in [0.4, 0.5) is 11.6 Å². The van der Waals surface area contributed by atoms with Gasteiger partial charge in [0.05, 0.1) is 19.1 Å². The third-order valence-electron chi connectivity index (χ3n) is 2.96. The molecule has 2 aromatic rings. The molecule has 1 heterocycles. The molecule has 0 fully saturated rings. The van der Waals surface area contributed by atoms with Crippen molar-refractivity contribution in [2.45, 2.75) is 13.0 Å². The van der Waals surface area contributed by atoms with E-state index in [0.29, 0.717) is 11.4 Å². The predicted molar refractivity (Wildman–Crippen MR) is 84.2 cm³/mol. The number of rotatable bonds is 5. The summed E-state index contributed by atoms with van der Waals surface area (Å²) in [6.07, 6.45) is 0. The van der Waals surface area contributed by atoms with Crippen molar-refractivity contribution in [2.24, 2.45) is 0 Å². The first kappa shape index (κ1) is 19.8. The Morgan fingerprint density at radius 1 is 1.30 bits per heavy atom. The SMILES string of the molecule is COc1ccc(N(c2nc(=S)[nH]c(=S)[nH]2)C(C)C(=O)[O-])cc1.[Na+]. The van der Waals surface area contributed by atoms with Gasteiger partial charge in [0.1, 0.15) is 5.75 Å². The van der Waals surface area contributed by atoms with Crippen LogP contribution in [0.15, 0.2) is 24.3 Å². The van der Waals surface area contributed by atoms with E-state index < -0.39 is 12.0 Å². The largest absolute Gasteiger partial charge is 1.00 e. The van der Waals surface area contributed by atoms with E-state index in [1.807, 2.05) is 0 Å². The molecule has 1 atom stereocenters. The molecule has 0 aliphatic rings. The summed E-state index contributed by atoms with van der Waals surface area (Å²) in [5.41, 5.74) is 0.580. The third-order valence-corrected chi connectivity index (χ3v) is 3.36. The number of aliphatic carboxylic acids is 1. The number of hydrogen-bond acceptors (Lipinski definition) is 7. The fraction of sp³-hybridized carbons (Fsp3) is 0.231. The van der Waals surface area contributed by atoms with Crippen LogP contribution in [0.5, 0.6) is 5.75 Å². The number of carboxylic acid groups (broad SMARTS) is 1. The molecular weight excluding hydrogens is 347 g/mol. The van der Waals surface area contributed by atoms with E-state index in [1.165, 1.54) is 11.8 Å². The minimum absolute atomic E-state index is 0. The van der Waals surface area contributed by atoms with Gasteiger partial charge in [-0.3, -0.25) is 0 Å². The van der Waals surface area contributed by atoms with Gasteiger partial charge in [0.2, 0.25) is 10.7 Å². The minimum atomic E-state index is -1.25. The maximum absolute atomic E-state index is 11.3. The first-order valence-corrected chi connectivity index (χ1v) is 7.09. The topological polar surface area (TPSA) is 97.1 Å². The molecule has 116 valence electrons. The predicted octanol–water partition coefficient (Wildman–Crippen LogP) is -1.51. The van der Waals surface area contributed by atoms with Gasteiger partial charge in [0, 0.05) is 5.69 Å². The molecule has 0 aliphatic carbocycles. The second kappa shape index (κ2) is 8.55. The van der Waals surface area contributed by atoms with Crippen LogP contribution in [-0.4, -0.2) is 34.1 Å². The Kier molecular flexibility index (Phi) is 7.36. The van der Waals surface area contributed by atoms with Gasteiger partial charge in [0.15, 0.2) is 4.77 Å². The summed E-state index contributed by atoms with van der Waals surface area (Å²) < 4.78 is 5.50. The molecule has 1 aromatic carbocycles. The number of anilines is 2. The third kappa shape index (κ3) is 4.85. The summed E-state index contributed by atoms with van der Waals surface area (Å²) in [5, 5.41) is 11.3. The number of methoxy groups -OCH3 is 1. The number of hydrogen-bond donors (Lipinski definition) is 2. The van der Waals surface area contributed by atoms with Crippen molar-refractivity contribution < 1.29 is 44.2 Å². The number of H-pyrrole nitrogens is 2. The maximum Gasteiger partial charge on any atom is 1.00 e. The molecule has 10 heteroatoms. The number of aromatic amines is 2. The number of benzene rings is 1. The standard InChI is InChI=1S/C13H14N4O3S2.Na/c1-7(10(18)19)17(8-3-5-9(20-2)6-4-8)11-14-12(21)16-13(22)15-11;/h3-7H,1-2H3,(H,18,19)(H2,14,15,16,21,22);/q;+1/p-1. The summed E-state index contributed by atoms with van der Waals surface area (Å²) in [6, 6.07) is 5.85. The molecule has 0 bridgehead atoms. The van der Waals surface area contributed by atoms with Crippen LogP contribution >= 0.6 is 24.4 Å². The van der Waals surface area contributed by atoms with Crippen LogP contribution in [0, 0.1) is 9.54 Å². The van der Waals surface area contributed by atoms with E-state index in [0.717, 1.165) is 0 Å². The fourth-order valence-corrected chi connectivity index (χ4v) is 2.31. The Morgan fingerprint density at radius 3 is 2.39 bits per heavy atom. The normalized spacial score (nSPS) is 11.2. The second-order valence-electron chi connectivity index (χ2n) is 4.38. The molecule has 1 unspecified atom stereocenters. The van der Waals surface area contributed by atoms with E-state index in [9.17, 15) is 9.90 Å². The number of carbonyl (C=O) groups is 1. The van der Waals surface area contributed by atoms with Gasteiger partial charge < -0.3 is 29.5 Å². The molecular formula is C13H13N4NaO3S2. The number of ether oxygens (including phenoxy) is 1. The molecule has 0 saturated carbocycles. The van der Waals surface area contributed by atoms with Crippen molar-refractivity contribution in [1.29, 1.82) is 0 Å². The number of aromatic nitrogens is 3. The van der Waals surface area contributed by atoms with Crippen LogP contribution in [-0.2, 0) is 4.79 Å². The maximum atomic E-state index is 11.3. The number of carboxylic acids is 1. The molecule has 2 N–H and O–H groups in total. The van der Waals surface area contributed by atoms with Crippen molar-refractivity contribution >= 4 is 42.0 Å². The van der Waals surface area contributed by atoms with Gasteiger partial charge in [-0.05, 0) is 55.6 Å². The van der Waals surface area contributed by atoms with Crippen molar-refractivity contribution in [2.75, 3.05) is 12.0 Å². The quantitative estimate of drug-likeness (QED) is 0.494. The molecule has 7 nitrogen and oxygen atoms in total. The smallest absolute Gasteiger partial charge is 0.548 e. The van der Waals surface area contributed by atoms with Crippen molar-refractivity contribution in [1.82, 2.24) is 15.0 Å². The van der Waals surface area contributed by atoms with E-state index in [1.54, 1.807) is 31.4 Å². The zero-order valence-corrected chi connectivity index (χ0v) is 16.5. The van der Waals surface area contributed by atoms with Crippen molar-refractivity contribution in [3.05, 3.63) is 33.8 Å². The van der Waals surface area contributed by atoms with Crippen LogP contribution in [0.25, 0.3) is 0 Å². The molecule has 1 aromatic heterocycles. The van der Waals surface area contributed by atoms with Crippen molar-refractivity contribution in [3.63, 3.8) is 0 Å².